The number of carboxylic acid groups (broad SMARTS) is 1. The van der Waals surface area contributed by atoms with Gasteiger partial charge in [-0.3, -0.25) is 4.79 Å². The van der Waals surface area contributed by atoms with Gasteiger partial charge in [0.1, 0.15) is 0 Å². The van der Waals surface area contributed by atoms with E-state index in [9.17, 15) is 9.59 Å². The largest absolute Gasteiger partial charge is 0.474 e. The lowest BCUT2D eigenvalue weighted by Gasteiger charge is -2.02. The zero-order chi connectivity index (χ0) is 11.3. The number of aliphatic carboxylic acids is 1. The monoisotopic (exact) mass is 227 g/mol. The molecule has 0 bridgehead atoms. The lowest BCUT2D eigenvalue weighted by molar-refractivity contribution is -0.150. The van der Waals surface area contributed by atoms with E-state index >= 15 is 0 Å². The number of carbonyl (C=O) groups excluding carboxylic acids is 1. The molecule has 0 fully saturated rings. The highest BCUT2D eigenvalue weighted by Gasteiger charge is 2.08. The zero-order valence-electron chi connectivity index (χ0n) is 7.87. The molecule has 0 aliphatic carbocycles. The smallest absolute Gasteiger partial charge is 0.394 e. The van der Waals surface area contributed by atoms with Crippen LogP contribution >= 0.6 is 11.6 Å². The molecule has 15 heavy (non-hydrogen) atoms. The molecule has 0 aromatic heterocycles. The molecule has 0 radical (unpaired) electrons. The Bertz CT molecular complexity index is 361. The van der Waals surface area contributed by atoms with Crippen LogP contribution in [0.3, 0.4) is 0 Å². The summed E-state index contributed by atoms with van der Waals surface area (Å²) < 4.78 is 0. The van der Waals surface area contributed by atoms with Crippen LogP contribution in [0.2, 0.25) is 5.02 Å². The van der Waals surface area contributed by atoms with Crippen LogP contribution in [-0.4, -0.2) is 23.5 Å². The third kappa shape index (κ3) is 3.99. The number of nitrogens with one attached hydrogen (secondary N) is 1. The van der Waals surface area contributed by atoms with E-state index in [1.54, 1.807) is 12.1 Å². The summed E-state index contributed by atoms with van der Waals surface area (Å²) in [6.45, 7) is 0.298. The van der Waals surface area contributed by atoms with E-state index in [1.165, 1.54) is 0 Å². The van der Waals surface area contributed by atoms with E-state index in [4.69, 9.17) is 16.7 Å². The molecule has 80 valence electrons. The lowest BCUT2D eigenvalue weighted by atomic mass is 10.1. The summed E-state index contributed by atoms with van der Waals surface area (Å²) in [5.41, 5.74) is 0.991. The Labute approximate surface area is 91.9 Å². The number of halogens is 1. The molecule has 1 aromatic rings. The van der Waals surface area contributed by atoms with Crippen LogP contribution in [0.25, 0.3) is 0 Å². The zero-order valence-corrected chi connectivity index (χ0v) is 8.62. The topological polar surface area (TPSA) is 66.4 Å². The van der Waals surface area contributed by atoms with Gasteiger partial charge in [-0.2, -0.15) is 0 Å². The van der Waals surface area contributed by atoms with Crippen molar-refractivity contribution in [3.63, 3.8) is 0 Å². The molecule has 0 unspecified atom stereocenters. The molecule has 0 aliphatic rings. The molecule has 0 saturated heterocycles. The lowest BCUT2D eigenvalue weighted by Crippen LogP contribution is -2.32. The van der Waals surface area contributed by atoms with E-state index < -0.39 is 11.9 Å². The van der Waals surface area contributed by atoms with Gasteiger partial charge in [-0.05, 0) is 24.1 Å². The minimum atomic E-state index is -1.47. The molecule has 5 heteroatoms. The number of rotatable bonds is 3. The number of amides is 1. The Hall–Kier alpha value is -1.55. The van der Waals surface area contributed by atoms with Crippen LogP contribution in [-0.2, 0) is 16.0 Å². The van der Waals surface area contributed by atoms with Crippen LogP contribution in [0, 0.1) is 0 Å². The molecule has 0 spiro atoms. The maximum Gasteiger partial charge on any atom is 0.394 e. The molecular formula is C10H10ClNO3. The van der Waals surface area contributed by atoms with Crippen LogP contribution in [0.1, 0.15) is 5.56 Å². The third-order valence-corrected chi connectivity index (χ3v) is 2.06. The second kappa shape index (κ2) is 5.36. The number of hydrogen-bond donors (Lipinski definition) is 2. The van der Waals surface area contributed by atoms with Gasteiger partial charge in [-0.1, -0.05) is 23.7 Å². The maximum atomic E-state index is 10.7. The Morgan fingerprint density at radius 2 is 1.87 bits per heavy atom. The first kappa shape index (κ1) is 11.5. The average Bonchev–Trinajstić information content (AvgIpc) is 2.20. The van der Waals surface area contributed by atoms with E-state index in [0.717, 1.165) is 5.56 Å². The molecule has 4 nitrogen and oxygen atoms in total. The van der Waals surface area contributed by atoms with Gasteiger partial charge in [-0.25, -0.2) is 4.79 Å². The molecule has 1 aromatic carbocycles. The first-order valence-corrected chi connectivity index (χ1v) is 4.73. The fourth-order valence-electron chi connectivity index (χ4n) is 1.05. The Morgan fingerprint density at radius 1 is 1.27 bits per heavy atom. The Morgan fingerprint density at radius 3 is 2.40 bits per heavy atom. The average molecular weight is 228 g/mol. The second-order valence-electron chi connectivity index (χ2n) is 2.94. The van der Waals surface area contributed by atoms with E-state index in [2.05, 4.69) is 5.32 Å². The molecular weight excluding hydrogens is 218 g/mol. The van der Waals surface area contributed by atoms with Crippen molar-refractivity contribution in [1.29, 1.82) is 0 Å². The van der Waals surface area contributed by atoms with Crippen molar-refractivity contribution in [2.45, 2.75) is 6.42 Å². The number of hydrogen-bond acceptors (Lipinski definition) is 2. The minimum Gasteiger partial charge on any atom is -0.474 e. The summed E-state index contributed by atoms with van der Waals surface area (Å²) in [5, 5.41) is 11.2. The molecule has 0 atom stereocenters. The van der Waals surface area contributed by atoms with Gasteiger partial charge in [-0.15, -0.1) is 0 Å². The number of carboxylic acids is 1. The standard InChI is InChI=1S/C10H10ClNO3/c11-8-3-1-7(2-4-8)5-6-12-9(13)10(14)15/h1-4H,5-6H2,(H,12,13)(H,14,15). The summed E-state index contributed by atoms with van der Waals surface area (Å²) in [4.78, 5) is 20.8. The van der Waals surface area contributed by atoms with Gasteiger partial charge in [0.05, 0.1) is 0 Å². The van der Waals surface area contributed by atoms with Gasteiger partial charge in [0.15, 0.2) is 0 Å². The van der Waals surface area contributed by atoms with Crippen molar-refractivity contribution in [1.82, 2.24) is 5.32 Å². The van der Waals surface area contributed by atoms with Gasteiger partial charge in [0, 0.05) is 11.6 Å². The minimum absolute atomic E-state index is 0.298. The molecule has 0 heterocycles. The highest BCUT2D eigenvalue weighted by atomic mass is 35.5. The third-order valence-electron chi connectivity index (χ3n) is 1.81. The van der Waals surface area contributed by atoms with Crippen LogP contribution in [0.5, 0.6) is 0 Å². The number of benzene rings is 1. The molecule has 1 rings (SSSR count). The highest BCUT2D eigenvalue weighted by molar-refractivity contribution is 6.31. The fourth-order valence-corrected chi connectivity index (χ4v) is 1.17. The van der Waals surface area contributed by atoms with Crippen molar-refractivity contribution >= 4 is 23.5 Å². The predicted octanol–water partition coefficient (Wildman–Crippen LogP) is 1.08. The second-order valence-corrected chi connectivity index (χ2v) is 3.37. The highest BCUT2D eigenvalue weighted by Crippen LogP contribution is 2.09. The van der Waals surface area contributed by atoms with Gasteiger partial charge >= 0.3 is 11.9 Å². The van der Waals surface area contributed by atoms with E-state index in [0.29, 0.717) is 18.0 Å². The quantitative estimate of drug-likeness (QED) is 0.760. The van der Waals surface area contributed by atoms with Crippen molar-refractivity contribution in [3.8, 4) is 0 Å². The van der Waals surface area contributed by atoms with Crippen molar-refractivity contribution < 1.29 is 14.7 Å². The SMILES string of the molecule is O=C(O)C(=O)NCCc1ccc(Cl)cc1. The molecule has 0 saturated carbocycles. The first-order valence-electron chi connectivity index (χ1n) is 4.35. The van der Waals surface area contributed by atoms with Gasteiger partial charge in [0.25, 0.3) is 0 Å². The summed E-state index contributed by atoms with van der Waals surface area (Å²) in [6, 6.07) is 7.15. The van der Waals surface area contributed by atoms with Gasteiger partial charge in [0.2, 0.25) is 0 Å². The van der Waals surface area contributed by atoms with Crippen LogP contribution in [0.15, 0.2) is 24.3 Å². The Kier molecular flexibility index (Phi) is 4.12. The molecule has 0 aliphatic heterocycles. The summed E-state index contributed by atoms with van der Waals surface area (Å²) in [7, 11) is 0. The van der Waals surface area contributed by atoms with E-state index in [1.807, 2.05) is 12.1 Å². The predicted molar refractivity (Wildman–Crippen MR) is 55.8 cm³/mol. The molecule has 2 N–H and O–H groups in total. The number of carbonyl (C=O) groups is 2. The summed E-state index contributed by atoms with van der Waals surface area (Å²) in [5.74, 6) is -2.45. The van der Waals surface area contributed by atoms with Crippen LogP contribution in [0.4, 0.5) is 0 Å². The van der Waals surface area contributed by atoms with Crippen molar-refractivity contribution in [2.75, 3.05) is 6.54 Å². The summed E-state index contributed by atoms with van der Waals surface area (Å²) >= 11 is 5.69. The Balaban J connectivity index is 2.35. The molecule has 1 amide bonds. The first-order chi connectivity index (χ1) is 7.09. The van der Waals surface area contributed by atoms with Crippen molar-refractivity contribution in [3.05, 3.63) is 34.9 Å². The normalized spacial score (nSPS) is 9.67. The van der Waals surface area contributed by atoms with Gasteiger partial charge < -0.3 is 10.4 Å². The maximum absolute atomic E-state index is 10.7. The van der Waals surface area contributed by atoms with Crippen LogP contribution < -0.4 is 5.32 Å². The summed E-state index contributed by atoms with van der Waals surface area (Å²) in [6.07, 6.45) is 0.580. The fraction of sp³-hybridized carbons (Fsp3) is 0.200. The van der Waals surface area contributed by atoms with E-state index in [-0.39, 0.29) is 0 Å². The van der Waals surface area contributed by atoms with Crippen molar-refractivity contribution in [2.24, 2.45) is 0 Å².